The van der Waals surface area contributed by atoms with E-state index in [1.165, 1.54) is 28.4 Å². The first-order valence-electron chi connectivity index (χ1n) is 12.0. The third-order valence-corrected chi connectivity index (χ3v) is 10.1. The monoisotopic (exact) mass is 565 g/mol. The summed E-state index contributed by atoms with van der Waals surface area (Å²) in [5.41, 5.74) is 6.66. The predicted molar refractivity (Wildman–Crippen MR) is 141 cm³/mol. The largest absolute Gasteiger partial charge is 0.480 e. The molecule has 3 aliphatic heterocycles. The fourth-order valence-electron chi connectivity index (χ4n) is 5.05. The van der Waals surface area contributed by atoms with E-state index in [2.05, 4.69) is 16.0 Å². The van der Waals surface area contributed by atoms with Crippen LogP contribution in [0.3, 0.4) is 0 Å². The minimum absolute atomic E-state index is 0.522. The van der Waals surface area contributed by atoms with Crippen LogP contribution in [0.4, 0.5) is 0 Å². The van der Waals surface area contributed by atoms with Gasteiger partial charge in [0.15, 0.2) is 0 Å². The van der Waals surface area contributed by atoms with Crippen molar-refractivity contribution in [3.8, 4) is 0 Å². The summed E-state index contributed by atoms with van der Waals surface area (Å²) in [5, 5.41) is 26.1. The maximum atomic E-state index is 13.6. The number of amides is 3. The number of carbonyl (C=O) groups excluding carboxylic acids is 3. The van der Waals surface area contributed by atoms with E-state index in [0.717, 1.165) is 0 Å². The van der Waals surface area contributed by atoms with E-state index in [9.17, 15) is 34.2 Å². The second-order valence-corrected chi connectivity index (χ2v) is 14.1. The van der Waals surface area contributed by atoms with Crippen molar-refractivity contribution >= 4 is 53.2 Å². The summed E-state index contributed by atoms with van der Waals surface area (Å²) in [7, 11) is 0. The number of β-lactam (4-membered cyclic amide) rings is 1. The zero-order chi connectivity index (χ0) is 28.2. The highest BCUT2D eigenvalue weighted by atomic mass is 32.2. The number of fused-ring (bicyclic) bond motifs is 1. The fourth-order valence-corrected chi connectivity index (χ4v) is 8.17. The van der Waals surface area contributed by atoms with Crippen molar-refractivity contribution < 1.29 is 34.2 Å². The van der Waals surface area contributed by atoms with Gasteiger partial charge in [-0.05, 0) is 33.3 Å². The number of thioether (sulfide) groups is 2. The topological polar surface area (TPSA) is 191 Å². The molecule has 0 aliphatic carbocycles. The molecule has 3 heterocycles. The minimum atomic E-state index is -1.28. The molecule has 12 nitrogen and oxygen atoms in total. The lowest BCUT2D eigenvalue weighted by atomic mass is 9.96. The van der Waals surface area contributed by atoms with Crippen molar-refractivity contribution in [2.75, 3.05) is 0 Å². The van der Waals surface area contributed by atoms with E-state index in [-0.39, 0.29) is 0 Å². The molecular formula is C24H31N5O7S2. The van der Waals surface area contributed by atoms with Gasteiger partial charge in [0.25, 0.3) is 0 Å². The molecule has 7 unspecified atom stereocenters. The van der Waals surface area contributed by atoms with Crippen molar-refractivity contribution in [3.63, 3.8) is 0 Å². The summed E-state index contributed by atoms with van der Waals surface area (Å²) in [6.07, 6.45) is 0. The van der Waals surface area contributed by atoms with Gasteiger partial charge in [-0.3, -0.25) is 24.5 Å². The van der Waals surface area contributed by atoms with Crippen LogP contribution in [0.15, 0.2) is 30.3 Å². The molecule has 7 N–H and O–H groups in total. The minimum Gasteiger partial charge on any atom is -0.480 e. The van der Waals surface area contributed by atoms with Crippen LogP contribution >= 0.6 is 23.5 Å². The lowest BCUT2D eigenvalue weighted by Crippen LogP contribution is -2.72. The third-order valence-electron chi connectivity index (χ3n) is 7.00. The zero-order valence-electron chi connectivity index (χ0n) is 21.2. The summed E-state index contributed by atoms with van der Waals surface area (Å²) in [5.74, 6) is -4.13. The Morgan fingerprint density at radius 2 is 1.63 bits per heavy atom. The number of aliphatic carboxylic acids is 2. The Balaban J connectivity index is 1.55. The first kappa shape index (κ1) is 28.2. The van der Waals surface area contributed by atoms with Crippen molar-refractivity contribution in [1.29, 1.82) is 0 Å². The van der Waals surface area contributed by atoms with Gasteiger partial charge in [-0.2, -0.15) is 0 Å². The molecule has 14 heteroatoms. The molecule has 1 aromatic carbocycles. The number of carbonyl (C=O) groups is 5. The number of benzene rings is 1. The standard InChI is InChI=1S/C24H31N5O7S2/c1-23(2)14(21(33)34)28-18(37-23)12(26-16(30)11(25)10-8-6-5-7-9-10)17(31)27-13-19(32)29-15(22(35)36)24(3,4)38-20(13)29/h5-9,11-15,18,20,28H,25H2,1-4H3,(H,26,30)(H,27,31)(H,33,34)(H,35,36). The number of nitrogens with zero attached hydrogens (tertiary/aromatic N) is 1. The molecule has 0 aromatic heterocycles. The highest BCUT2D eigenvalue weighted by Gasteiger charge is 2.64. The number of hydrogen-bond donors (Lipinski definition) is 6. The lowest BCUT2D eigenvalue weighted by Gasteiger charge is -2.44. The molecule has 0 saturated carbocycles. The van der Waals surface area contributed by atoms with Gasteiger partial charge in [0.05, 0.1) is 5.37 Å². The van der Waals surface area contributed by atoms with Gasteiger partial charge in [0.1, 0.15) is 35.6 Å². The zero-order valence-corrected chi connectivity index (χ0v) is 22.8. The van der Waals surface area contributed by atoms with Gasteiger partial charge in [0, 0.05) is 9.49 Å². The van der Waals surface area contributed by atoms with Crippen LogP contribution in [0.1, 0.15) is 39.3 Å². The molecule has 206 valence electrons. The van der Waals surface area contributed by atoms with E-state index in [4.69, 9.17) is 5.73 Å². The van der Waals surface area contributed by atoms with Crippen LogP contribution in [0.2, 0.25) is 0 Å². The summed E-state index contributed by atoms with van der Waals surface area (Å²) in [6, 6.07) is 3.15. The van der Waals surface area contributed by atoms with Crippen molar-refractivity contribution in [2.24, 2.45) is 5.73 Å². The second-order valence-electron chi connectivity index (χ2n) is 10.5. The number of carboxylic acids is 2. The average molecular weight is 566 g/mol. The van der Waals surface area contributed by atoms with E-state index < -0.39 is 80.1 Å². The van der Waals surface area contributed by atoms with Gasteiger partial charge < -0.3 is 31.5 Å². The average Bonchev–Trinajstić information content (AvgIpc) is 3.30. The van der Waals surface area contributed by atoms with E-state index in [1.807, 2.05) is 0 Å². The number of nitrogens with one attached hydrogen (secondary N) is 3. The van der Waals surface area contributed by atoms with Crippen LogP contribution in [0, 0.1) is 0 Å². The number of hydrogen-bond acceptors (Lipinski definition) is 9. The fraction of sp³-hybridized carbons (Fsp3) is 0.542. The van der Waals surface area contributed by atoms with Gasteiger partial charge >= 0.3 is 11.9 Å². The van der Waals surface area contributed by atoms with Crippen LogP contribution in [0.5, 0.6) is 0 Å². The van der Waals surface area contributed by atoms with E-state index in [1.54, 1.807) is 58.0 Å². The van der Waals surface area contributed by atoms with Gasteiger partial charge in [0.2, 0.25) is 17.7 Å². The van der Waals surface area contributed by atoms with Crippen molar-refractivity contribution in [2.45, 2.75) is 78.1 Å². The van der Waals surface area contributed by atoms with E-state index in [0.29, 0.717) is 5.56 Å². The Kier molecular flexibility index (Phi) is 7.47. The maximum absolute atomic E-state index is 13.6. The summed E-state index contributed by atoms with van der Waals surface area (Å²) in [4.78, 5) is 64.5. The van der Waals surface area contributed by atoms with Gasteiger partial charge in [-0.25, -0.2) is 4.79 Å². The molecule has 4 rings (SSSR count). The van der Waals surface area contributed by atoms with Crippen LogP contribution in [-0.4, -0.2) is 89.2 Å². The Morgan fingerprint density at radius 1 is 1.00 bits per heavy atom. The van der Waals surface area contributed by atoms with Crippen LogP contribution < -0.4 is 21.7 Å². The molecule has 1 aromatic rings. The predicted octanol–water partition coefficient (Wildman–Crippen LogP) is -0.303. The molecule has 3 fully saturated rings. The quantitative estimate of drug-likeness (QED) is 0.227. The molecule has 3 amide bonds. The first-order chi connectivity index (χ1) is 17.7. The van der Waals surface area contributed by atoms with E-state index >= 15 is 0 Å². The molecule has 3 aliphatic rings. The molecule has 0 radical (unpaired) electrons. The molecule has 38 heavy (non-hydrogen) atoms. The Morgan fingerprint density at radius 3 is 2.18 bits per heavy atom. The van der Waals surface area contributed by atoms with Gasteiger partial charge in [-0.15, -0.1) is 23.5 Å². The Labute approximate surface area is 227 Å². The lowest BCUT2D eigenvalue weighted by molar-refractivity contribution is -0.161. The van der Waals surface area contributed by atoms with Crippen LogP contribution in [-0.2, 0) is 24.0 Å². The number of rotatable bonds is 8. The molecule has 0 spiro atoms. The van der Waals surface area contributed by atoms with Gasteiger partial charge in [-0.1, -0.05) is 30.3 Å². The normalized spacial score (nSPS) is 30.5. The Hall–Kier alpha value is -2.81. The smallest absolute Gasteiger partial charge is 0.327 e. The highest BCUT2D eigenvalue weighted by Crippen LogP contribution is 2.50. The van der Waals surface area contributed by atoms with Crippen molar-refractivity contribution in [1.82, 2.24) is 20.9 Å². The first-order valence-corrected chi connectivity index (χ1v) is 13.7. The van der Waals surface area contributed by atoms with Crippen molar-refractivity contribution in [3.05, 3.63) is 35.9 Å². The maximum Gasteiger partial charge on any atom is 0.327 e. The molecule has 7 atom stereocenters. The number of carboxylic acid groups (broad SMARTS) is 2. The third kappa shape index (κ3) is 4.97. The second kappa shape index (κ2) is 10.1. The molecule has 3 saturated heterocycles. The SMILES string of the molecule is CC1(C)SC(C(NC(=O)C(N)c2ccccc2)C(=O)NC2C(=O)N3C2SC(C)(C)C3C(=O)O)NC1C(=O)O. The summed E-state index contributed by atoms with van der Waals surface area (Å²) >= 11 is 2.46. The molecular weight excluding hydrogens is 534 g/mol. The molecule has 0 bridgehead atoms. The summed E-state index contributed by atoms with van der Waals surface area (Å²) in [6.45, 7) is 6.88. The summed E-state index contributed by atoms with van der Waals surface area (Å²) < 4.78 is -1.59. The Bertz CT molecular complexity index is 1160. The van der Waals surface area contributed by atoms with Crippen LogP contribution in [0.25, 0.3) is 0 Å². The number of nitrogens with two attached hydrogens (primary N) is 1. The highest BCUT2D eigenvalue weighted by molar-refractivity contribution is 8.02.